The maximum absolute atomic E-state index is 12.9. The van der Waals surface area contributed by atoms with Gasteiger partial charge in [-0.25, -0.2) is 0 Å². The molecule has 8 heteroatoms. The highest BCUT2D eigenvalue weighted by atomic mass is 16.5. The average Bonchev–Trinajstić information content (AvgIpc) is 2.94. The van der Waals surface area contributed by atoms with Gasteiger partial charge in [-0.05, 0) is 31.0 Å². The summed E-state index contributed by atoms with van der Waals surface area (Å²) in [5.74, 6) is 1.19. The Balaban J connectivity index is 1.86. The van der Waals surface area contributed by atoms with Gasteiger partial charge < -0.3 is 9.64 Å². The molecule has 0 bridgehead atoms. The quantitative estimate of drug-likeness (QED) is 0.899. The van der Waals surface area contributed by atoms with E-state index in [0.717, 1.165) is 11.3 Å². The van der Waals surface area contributed by atoms with Gasteiger partial charge in [0.15, 0.2) is 0 Å². The molecule has 8 nitrogen and oxygen atoms in total. The van der Waals surface area contributed by atoms with Gasteiger partial charge in [-0.3, -0.25) is 19.6 Å². The van der Waals surface area contributed by atoms with Crippen molar-refractivity contribution in [2.24, 2.45) is 13.0 Å². The highest BCUT2D eigenvalue weighted by Gasteiger charge is 2.39. The maximum atomic E-state index is 12.9. The first-order valence-electron chi connectivity index (χ1n) is 8.49. The molecule has 2 heterocycles. The molecule has 2 aromatic rings. The summed E-state index contributed by atoms with van der Waals surface area (Å²) in [6, 6.07) is 7.11. The third kappa shape index (κ3) is 3.40. The predicted octanol–water partition coefficient (Wildman–Crippen LogP) is 1.68. The number of nitrogens with one attached hydrogen (secondary N) is 1. The number of hydrogen-bond acceptors (Lipinski definition) is 5. The van der Waals surface area contributed by atoms with Gasteiger partial charge in [-0.2, -0.15) is 4.98 Å². The number of rotatable bonds is 4. The molecule has 1 aromatic carbocycles. The van der Waals surface area contributed by atoms with Crippen LogP contribution in [-0.4, -0.2) is 45.6 Å². The smallest absolute Gasteiger partial charge is 0.248 e. The minimum absolute atomic E-state index is 0.0293. The number of carbonyl (C=O) groups is 2. The van der Waals surface area contributed by atoms with Gasteiger partial charge in [-0.15, -0.1) is 5.10 Å². The summed E-state index contributed by atoms with van der Waals surface area (Å²) in [7, 11) is 5.11. The van der Waals surface area contributed by atoms with E-state index in [2.05, 4.69) is 15.4 Å². The lowest BCUT2D eigenvalue weighted by Crippen LogP contribution is -2.44. The standard InChI is InChI=1S/C18H23N5O3/c1-11-19-18(21-23(11)3)20-17(25)14-9-10-15(24)22(2)16(14)12-5-7-13(26-4)8-6-12/h5-8,14,16H,9-10H2,1-4H3,(H,20,21,25). The summed E-state index contributed by atoms with van der Waals surface area (Å²) in [5, 5.41) is 6.96. The fourth-order valence-electron chi connectivity index (χ4n) is 3.29. The van der Waals surface area contributed by atoms with Gasteiger partial charge in [-0.1, -0.05) is 12.1 Å². The van der Waals surface area contributed by atoms with Crippen LogP contribution in [0.1, 0.15) is 30.3 Å². The molecule has 138 valence electrons. The molecule has 2 amide bonds. The molecular formula is C18H23N5O3. The predicted molar refractivity (Wildman–Crippen MR) is 95.6 cm³/mol. The van der Waals surface area contributed by atoms with Crippen LogP contribution in [0.15, 0.2) is 24.3 Å². The van der Waals surface area contributed by atoms with Gasteiger partial charge in [0, 0.05) is 20.5 Å². The van der Waals surface area contributed by atoms with Crippen molar-refractivity contribution in [2.75, 3.05) is 19.5 Å². The van der Waals surface area contributed by atoms with Crippen LogP contribution < -0.4 is 10.1 Å². The molecule has 0 aliphatic carbocycles. The van der Waals surface area contributed by atoms with Crippen molar-refractivity contribution in [1.29, 1.82) is 0 Å². The summed E-state index contributed by atoms with van der Waals surface area (Å²) >= 11 is 0. The minimum atomic E-state index is -0.379. The van der Waals surface area contributed by atoms with Crippen LogP contribution in [0.5, 0.6) is 5.75 Å². The monoisotopic (exact) mass is 357 g/mol. The number of nitrogens with zero attached hydrogens (tertiary/aromatic N) is 4. The van der Waals surface area contributed by atoms with E-state index in [1.165, 1.54) is 0 Å². The lowest BCUT2D eigenvalue weighted by Gasteiger charge is -2.38. The van der Waals surface area contributed by atoms with Crippen LogP contribution in [0, 0.1) is 12.8 Å². The van der Waals surface area contributed by atoms with E-state index < -0.39 is 0 Å². The van der Waals surface area contributed by atoms with Crippen LogP contribution in [-0.2, 0) is 16.6 Å². The first kappa shape index (κ1) is 17.9. The van der Waals surface area contributed by atoms with Gasteiger partial charge in [0.25, 0.3) is 0 Å². The molecule has 2 atom stereocenters. The second-order valence-electron chi connectivity index (χ2n) is 6.46. The second-order valence-corrected chi connectivity index (χ2v) is 6.46. The summed E-state index contributed by atoms with van der Waals surface area (Å²) < 4.78 is 6.80. The number of aromatic nitrogens is 3. The molecule has 0 spiro atoms. The molecule has 0 saturated carbocycles. The Bertz CT molecular complexity index is 795. The van der Waals surface area contributed by atoms with E-state index in [1.807, 2.05) is 31.2 Å². The van der Waals surface area contributed by atoms with Crippen molar-refractivity contribution < 1.29 is 14.3 Å². The van der Waals surface area contributed by atoms with E-state index in [4.69, 9.17) is 4.74 Å². The number of piperidine rings is 1. The van der Waals surface area contributed by atoms with E-state index in [9.17, 15) is 9.59 Å². The normalized spacial score (nSPS) is 20.2. The number of carbonyl (C=O) groups excluding carboxylic acids is 2. The first-order chi connectivity index (χ1) is 12.4. The van der Waals surface area contributed by atoms with E-state index in [1.54, 1.807) is 30.8 Å². The molecule has 2 unspecified atom stereocenters. The number of anilines is 1. The highest BCUT2D eigenvalue weighted by molar-refractivity contribution is 5.93. The Hall–Kier alpha value is -2.90. The number of benzene rings is 1. The number of likely N-dealkylation sites (tertiary alicyclic amines) is 1. The Labute approximate surface area is 152 Å². The summed E-state index contributed by atoms with van der Waals surface area (Å²) in [6.07, 6.45) is 0.827. The molecule has 1 aliphatic rings. The lowest BCUT2D eigenvalue weighted by molar-refractivity contribution is -0.140. The van der Waals surface area contributed by atoms with Gasteiger partial charge in [0.1, 0.15) is 11.6 Å². The van der Waals surface area contributed by atoms with Crippen LogP contribution in [0.2, 0.25) is 0 Å². The van der Waals surface area contributed by atoms with Crippen molar-refractivity contribution in [3.05, 3.63) is 35.7 Å². The number of aryl methyl sites for hydroxylation is 2. The molecule has 1 N–H and O–H groups in total. The van der Waals surface area contributed by atoms with Crippen LogP contribution in [0.25, 0.3) is 0 Å². The summed E-state index contributed by atoms with van der Waals surface area (Å²) in [6.45, 7) is 1.82. The Kier molecular flexibility index (Phi) is 4.92. The maximum Gasteiger partial charge on any atom is 0.248 e. The van der Waals surface area contributed by atoms with Gasteiger partial charge in [0.2, 0.25) is 17.8 Å². The van der Waals surface area contributed by atoms with Crippen molar-refractivity contribution in [2.45, 2.75) is 25.8 Å². The summed E-state index contributed by atoms with van der Waals surface area (Å²) in [5.41, 5.74) is 0.895. The Morgan fingerprint density at radius 3 is 2.54 bits per heavy atom. The SMILES string of the molecule is COc1ccc(C2C(C(=O)Nc3nc(C)n(C)n3)CCC(=O)N2C)cc1. The van der Waals surface area contributed by atoms with Crippen molar-refractivity contribution in [3.8, 4) is 5.75 Å². The van der Waals surface area contributed by atoms with Crippen LogP contribution in [0.3, 0.4) is 0 Å². The van der Waals surface area contributed by atoms with Crippen molar-refractivity contribution in [3.63, 3.8) is 0 Å². The molecule has 3 rings (SSSR count). The highest BCUT2D eigenvalue weighted by Crippen LogP contribution is 2.36. The van der Waals surface area contributed by atoms with Crippen LogP contribution in [0.4, 0.5) is 5.95 Å². The fourth-order valence-corrected chi connectivity index (χ4v) is 3.29. The molecule has 1 aliphatic heterocycles. The van der Waals surface area contributed by atoms with E-state index >= 15 is 0 Å². The average molecular weight is 357 g/mol. The van der Waals surface area contributed by atoms with Gasteiger partial charge >= 0.3 is 0 Å². The van der Waals surface area contributed by atoms with Gasteiger partial charge in [0.05, 0.1) is 19.1 Å². The number of hydrogen-bond donors (Lipinski definition) is 1. The lowest BCUT2D eigenvalue weighted by atomic mass is 9.84. The zero-order chi connectivity index (χ0) is 18.8. The molecular weight excluding hydrogens is 334 g/mol. The largest absolute Gasteiger partial charge is 0.497 e. The Morgan fingerprint density at radius 1 is 1.27 bits per heavy atom. The van der Waals surface area contributed by atoms with Crippen molar-refractivity contribution in [1.82, 2.24) is 19.7 Å². The van der Waals surface area contributed by atoms with E-state index in [0.29, 0.717) is 18.7 Å². The Morgan fingerprint density at radius 2 is 1.96 bits per heavy atom. The first-order valence-corrected chi connectivity index (χ1v) is 8.49. The zero-order valence-corrected chi connectivity index (χ0v) is 15.4. The molecule has 1 saturated heterocycles. The number of ether oxygens (including phenoxy) is 1. The molecule has 1 aromatic heterocycles. The van der Waals surface area contributed by atoms with Crippen LogP contribution >= 0.6 is 0 Å². The zero-order valence-electron chi connectivity index (χ0n) is 15.4. The number of methoxy groups -OCH3 is 1. The fraction of sp³-hybridized carbons (Fsp3) is 0.444. The van der Waals surface area contributed by atoms with E-state index in [-0.39, 0.29) is 29.7 Å². The van der Waals surface area contributed by atoms with Crippen molar-refractivity contribution >= 4 is 17.8 Å². The molecule has 26 heavy (non-hydrogen) atoms. The molecule has 0 radical (unpaired) electrons. The third-order valence-corrected chi connectivity index (χ3v) is 4.87. The minimum Gasteiger partial charge on any atom is -0.497 e. The number of amides is 2. The topological polar surface area (TPSA) is 89.3 Å². The third-order valence-electron chi connectivity index (χ3n) is 4.87. The molecule has 1 fully saturated rings. The second kappa shape index (κ2) is 7.15. The summed E-state index contributed by atoms with van der Waals surface area (Å²) in [4.78, 5) is 31.0.